The molecule has 0 heterocycles. The van der Waals surface area contributed by atoms with Crippen LogP contribution >= 0.6 is 0 Å². The van der Waals surface area contributed by atoms with Crippen molar-refractivity contribution in [2.24, 2.45) is 0 Å². The van der Waals surface area contributed by atoms with Crippen molar-refractivity contribution in [2.75, 3.05) is 6.61 Å². The number of halogens is 11. The molecule has 0 saturated carbocycles. The van der Waals surface area contributed by atoms with E-state index in [-0.39, 0.29) is 5.56 Å². The lowest BCUT2D eigenvalue weighted by molar-refractivity contribution is -0.424. The van der Waals surface area contributed by atoms with E-state index in [9.17, 15) is 58.2 Å². The lowest BCUT2D eigenvalue weighted by Gasteiger charge is -2.39. The van der Waals surface area contributed by atoms with E-state index < -0.39 is 67.3 Å². The summed E-state index contributed by atoms with van der Waals surface area (Å²) in [5.74, 6) is -30.9. The van der Waals surface area contributed by atoms with Gasteiger partial charge in [-0.1, -0.05) is 30.3 Å². The van der Waals surface area contributed by atoms with Crippen molar-refractivity contribution in [3.05, 3.63) is 35.9 Å². The van der Waals surface area contributed by atoms with Gasteiger partial charge in [0.2, 0.25) is 0 Å². The van der Waals surface area contributed by atoms with Gasteiger partial charge in [0, 0.05) is 0 Å². The van der Waals surface area contributed by atoms with Crippen LogP contribution in [0.5, 0.6) is 0 Å². The number of aliphatic hydroxyl groups is 1. The molecule has 1 aromatic rings. The van der Waals surface area contributed by atoms with Crippen molar-refractivity contribution in [1.29, 1.82) is 0 Å². The summed E-state index contributed by atoms with van der Waals surface area (Å²) in [5.41, 5.74) is -3.36. The van der Waals surface area contributed by atoms with E-state index in [1.807, 2.05) is 0 Å². The molecule has 1 aromatic carbocycles. The molecular formula is C18H17F11O3. The number of hydrogen-bond donors (Lipinski definition) is 1. The molecule has 0 aliphatic carbocycles. The number of benzene rings is 1. The van der Waals surface area contributed by atoms with Crippen molar-refractivity contribution < 1.29 is 62.9 Å². The topological polar surface area (TPSA) is 46.5 Å². The zero-order valence-corrected chi connectivity index (χ0v) is 16.1. The fraction of sp³-hybridized carbons (Fsp3) is 0.611. The third-order valence-corrected chi connectivity index (χ3v) is 4.44. The maximum atomic E-state index is 14.1. The summed E-state index contributed by atoms with van der Waals surface area (Å²) >= 11 is 0. The molecule has 0 fully saturated rings. The molecule has 184 valence electrons. The first-order valence-corrected chi connectivity index (χ1v) is 8.78. The monoisotopic (exact) mass is 490 g/mol. The molecule has 14 heteroatoms. The molecule has 1 unspecified atom stereocenters. The van der Waals surface area contributed by atoms with Gasteiger partial charge < -0.3 is 9.84 Å². The van der Waals surface area contributed by atoms with Gasteiger partial charge in [-0.2, -0.15) is 48.3 Å². The summed E-state index contributed by atoms with van der Waals surface area (Å²) in [6, 6.07) is 7.09. The minimum Gasteiger partial charge on any atom is -0.464 e. The van der Waals surface area contributed by atoms with Gasteiger partial charge in [-0.05, 0) is 25.3 Å². The first-order chi connectivity index (χ1) is 14.3. The summed E-state index contributed by atoms with van der Waals surface area (Å²) in [6.45, 7) is 0.525. The number of aryl methyl sites for hydroxylation is 1. The third kappa shape index (κ3) is 5.09. The van der Waals surface area contributed by atoms with Gasteiger partial charge in [0.1, 0.15) is 0 Å². The van der Waals surface area contributed by atoms with E-state index in [0.29, 0.717) is 0 Å². The van der Waals surface area contributed by atoms with Crippen LogP contribution in [0.4, 0.5) is 48.3 Å². The standard InChI is InChI=1S/C18H17F11O3/c1-2-32-12(30)13(31,9-8-11-6-4-3-5-7-11)10-14(19,20)15(21,22)16(23,24)17(25,26)18(27,28)29/h3-7,31H,2,8-10H2,1H3. The molecule has 0 aliphatic heterocycles. The minimum absolute atomic E-state index is 0.263. The van der Waals surface area contributed by atoms with Crippen LogP contribution in [0.25, 0.3) is 0 Å². The molecule has 0 aromatic heterocycles. The highest BCUT2D eigenvalue weighted by molar-refractivity contribution is 5.79. The molecule has 1 N–H and O–H groups in total. The van der Waals surface area contributed by atoms with Crippen LogP contribution in [0.2, 0.25) is 0 Å². The van der Waals surface area contributed by atoms with Crippen LogP contribution in [-0.2, 0) is 16.0 Å². The van der Waals surface area contributed by atoms with E-state index in [1.54, 1.807) is 0 Å². The molecule has 32 heavy (non-hydrogen) atoms. The number of ether oxygens (including phenoxy) is 1. The van der Waals surface area contributed by atoms with Gasteiger partial charge in [0.15, 0.2) is 5.60 Å². The Morgan fingerprint density at radius 2 is 1.34 bits per heavy atom. The van der Waals surface area contributed by atoms with Crippen molar-refractivity contribution in [2.45, 2.75) is 61.7 Å². The molecule has 0 aliphatic rings. The first kappa shape index (κ1) is 27.9. The Kier molecular flexibility index (Phi) is 7.87. The highest BCUT2D eigenvalue weighted by Gasteiger charge is 2.87. The second-order valence-corrected chi connectivity index (χ2v) is 6.84. The van der Waals surface area contributed by atoms with Crippen LogP contribution in [0.3, 0.4) is 0 Å². The predicted octanol–water partition coefficient (Wildman–Crippen LogP) is 5.41. The summed E-state index contributed by atoms with van der Waals surface area (Å²) < 4.78 is 150. The molecule has 0 saturated heterocycles. The maximum Gasteiger partial charge on any atom is 0.460 e. The fourth-order valence-corrected chi connectivity index (χ4v) is 2.61. The summed E-state index contributed by atoms with van der Waals surface area (Å²) in [7, 11) is 0. The Hall–Kier alpha value is -2.12. The first-order valence-electron chi connectivity index (χ1n) is 8.78. The Bertz CT molecular complexity index is 778. The largest absolute Gasteiger partial charge is 0.464 e. The zero-order chi connectivity index (χ0) is 25.2. The van der Waals surface area contributed by atoms with E-state index in [0.717, 1.165) is 6.92 Å². The molecular weight excluding hydrogens is 473 g/mol. The number of esters is 1. The Labute approximate surface area is 174 Å². The maximum absolute atomic E-state index is 14.1. The van der Waals surface area contributed by atoms with Gasteiger partial charge >= 0.3 is 35.8 Å². The van der Waals surface area contributed by atoms with Crippen LogP contribution in [0.1, 0.15) is 25.3 Å². The number of carbonyl (C=O) groups is 1. The molecule has 3 nitrogen and oxygen atoms in total. The smallest absolute Gasteiger partial charge is 0.460 e. The zero-order valence-electron chi connectivity index (χ0n) is 16.1. The van der Waals surface area contributed by atoms with Crippen molar-refractivity contribution >= 4 is 5.97 Å². The van der Waals surface area contributed by atoms with Crippen LogP contribution < -0.4 is 0 Å². The summed E-state index contributed by atoms with van der Waals surface area (Å²) in [6.07, 6.45) is -11.8. The van der Waals surface area contributed by atoms with Gasteiger partial charge in [0.25, 0.3) is 0 Å². The van der Waals surface area contributed by atoms with E-state index in [2.05, 4.69) is 4.74 Å². The molecule has 1 atom stereocenters. The van der Waals surface area contributed by atoms with E-state index in [1.165, 1.54) is 30.3 Å². The summed E-state index contributed by atoms with van der Waals surface area (Å²) in [4.78, 5) is 11.9. The average molecular weight is 490 g/mol. The van der Waals surface area contributed by atoms with Crippen molar-refractivity contribution in [3.63, 3.8) is 0 Å². The van der Waals surface area contributed by atoms with Crippen molar-refractivity contribution in [1.82, 2.24) is 0 Å². The Balaban J connectivity index is 3.35. The van der Waals surface area contributed by atoms with Gasteiger partial charge in [-0.25, -0.2) is 4.79 Å². The predicted molar refractivity (Wildman–Crippen MR) is 86.8 cm³/mol. The van der Waals surface area contributed by atoms with Crippen LogP contribution in [0.15, 0.2) is 30.3 Å². The SMILES string of the molecule is CCOC(=O)C(O)(CCc1ccccc1)CC(F)(F)C(F)(F)C(F)(F)C(F)(F)C(F)(F)F. The number of alkyl halides is 11. The van der Waals surface area contributed by atoms with Crippen LogP contribution in [-0.4, -0.2) is 53.2 Å². The van der Waals surface area contributed by atoms with E-state index >= 15 is 0 Å². The number of carbonyl (C=O) groups excluding carboxylic acids is 1. The Morgan fingerprint density at radius 1 is 0.844 bits per heavy atom. The number of rotatable bonds is 10. The molecule has 0 spiro atoms. The lowest BCUT2D eigenvalue weighted by atomic mass is 9.84. The van der Waals surface area contributed by atoms with Gasteiger partial charge in [0.05, 0.1) is 13.0 Å². The van der Waals surface area contributed by atoms with Crippen molar-refractivity contribution in [3.8, 4) is 0 Å². The second kappa shape index (κ2) is 9.02. The molecule has 0 bridgehead atoms. The number of hydrogen-bond acceptors (Lipinski definition) is 3. The minimum atomic E-state index is -7.63. The highest BCUT2D eigenvalue weighted by Crippen LogP contribution is 2.58. The fourth-order valence-electron chi connectivity index (χ4n) is 2.61. The summed E-state index contributed by atoms with van der Waals surface area (Å²) in [5, 5.41) is 10.3. The molecule has 0 radical (unpaired) electrons. The highest BCUT2D eigenvalue weighted by atomic mass is 19.4. The quantitative estimate of drug-likeness (QED) is 0.353. The third-order valence-electron chi connectivity index (χ3n) is 4.44. The lowest BCUT2D eigenvalue weighted by Crippen LogP contribution is -2.67. The van der Waals surface area contributed by atoms with Crippen LogP contribution in [0, 0.1) is 0 Å². The normalized spacial score (nSPS) is 15.9. The molecule has 0 amide bonds. The Morgan fingerprint density at radius 3 is 1.78 bits per heavy atom. The second-order valence-electron chi connectivity index (χ2n) is 6.84. The average Bonchev–Trinajstić information content (AvgIpc) is 2.65. The van der Waals surface area contributed by atoms with Gasteiger partial charge in [-0.3, -0.25) is 0 Å². The molecule has 1 rings (SSSR count). The van der Waals surface area contributed by atoms with E-state index in [4.69, 9.17) is 0 Å². The van der Waals surface area contributed by atoms with Gasteiger partial charge in [-0.15, -0.1) is 0 Å².